The van der Waals surface area contributed by atoms with Crippen LogP contribution in [0.5, 0.6) is 0 Å². The fraction of sp³-hybridized carbons (Fsp3) is 0.0143. The highest BCUT2D eigenvalue weighted by Crippen LogP contribution is 2.69. The van der Waals surface area contributed by atoms with E-state index in [4.69, 9.17) is 0 Å². The summed E-state index contributed by atoms with van der Waals surface area (Å²) in [5, 5.41) is 5.16. The molecule has 2 aliphatic heterocycles. The Morgan fingerprint density at radius 2 is 0.473 bits per heavy atom. The van der Waals surface area contributed by atoms with Crippen molar-refractivity contribution in [2.45, 2.75) is 10.8 Å². The summed E-state index contributed by atoms with van der Waals surface area (Å²) in [5.41, 5.74) is 45.2. The van der Waals surface area contributed by atoms with Crippen LogP contribution in [0.1, 0.15) is 44.5 Å². The van der Waals surface area contributed by atoms with Gasteiger partial charge in [-0.05, 0) is 245 Å². The van der Waals surface area contributed by atoms with Gasteiger partial charge in [0.1, 0.15) is 0 Å². The number of fused-ring (bicyclic) bond motifs is 24. The molecule has 4 heterocycles. The second kappa shape index (κ2) is 35.2. The number of para-hydroxylation sites is 10. The van der Waals surface area contributed by atoms with Gasteiger partial charge in [-0.25, -0.2) is 0 Å². The van der Waals surface area contributed by atoms with Gasteiger partial charge in [0.15, 0.2) is 0 Å². The van der Waals surface area contributed by atoms with Gasteiger partial charge in [-0.3, -0.25) is 0 Å². The number of rotatable bonds is 15. The summed E-state index contributed by atoms with van der Waals surface area (Å²) in [6.45, 7) is 0. The maximum atomic E-state index is 2.53. The van der Waals surface area contributed by atoms with Gasteiger partial charge in [0, 0.05) is 81.6 Å². The Kier molecular flexibility index (Phi) is 20.6. The average molecular weight is 1880 g/mol. The summed E-state index contributed by atoms with van der Waals surface area (Å²) in [6.07, 6.45) is 0. The first-order valence-corrected chi connectivity index (χ1v) is 51.2. The second-order valence-corrected chi connectivity index (χ2v) is 39.3. The van der Waals surface area contributed by atoms with Crippen molar-refractivity contribution in [3.05, 3.63) is 609 Å². The van der Waals surface area contributed by atoms with E-state index >= 15 is 0 Å². The predicted molar refractivity (Wildman–Crippen MR) is 613 cm³/mol. The molecule has 25 aromatic rings. The van der Waals surface area contributed by atoms with E-state index in [1.807, 2.05) is 11.3 Å². The highest BCUT2D eigenvalue weighted by atomic mass is 32.1. The maximum absolute atomic E-state index is 2.53. The lowest BCUT2D eigenvalue weighted by Gasteiger charge is -2.45. The van der Waals surface area contributed by atoms with Crippen LogP contribution in [0.3, 0.4) is 0 Å². The van der Waals surface area contributed by atoms with Crippen molar-refractivity contribution in [2.24, 2.45) is 0 Å². The molecule has 0 amide bonds. The molecule has 29 rings (SSSR count). The summed E-state index contributed by atoms with van der Waals surface area (Å²) < 4.78 is 5.01. The summed E-state index contributed by atoms with van der Waals surface area (Å²) in [5.74, 6) is 0. The number of anilines is 12. The molecule has 2 aromatic heterocycles. The van der Waals surface area contributed by atoms with Gasteiger partial charge in [-0.2, -0.15) is 0 Å². The number of nitrogens with zero attached hydrogens (tertiary/aromatic N) is 5. The highest BCUT2D eigenvalue weighted by Gasteiger charge is 2.55. The van der Waals surface area contributed by atoms with Gasteiger partial charge >= 0.3 is 0 Å². The van der Waals surface area contributed by atoms with E-state index in [1.165, 1.54) is 176 Å². The molecule has 2 aliphatic carbocycles. The van der Waals surface area contributed by atoms with E-state index < -0.39 is 10.8 Å². The lowest BCUT2D eigenvalue weighted by atomic mass is 9.64. The van der Waals surface area contributed by atoms with Crippen molar-refractivity contribution < 1.29 is 0 Å². The Labute approximate surface area is 853 Å². The molecule has 6 heteroatoms. The van der Waals surface area contributed by atoms with E-state index in [2.05, 4.69) is 588 Å². The fourth-order valence-corrected chi connectivity index (χ4v) is 25.8. The Morgan fingerprint density at radius 3 is 0.904 bits per heavy atom. The predicted octanol–water partition coefficient (Wildman–Crippen LogP) is 38.1. The third-order valence-corrected chi connectivity index (χ3v) is 31.8. The molecule has 2 spiro atoms. The molecule has 0 bridgehead atoms. The Balaban J connectivity index is 0.000000142. The molecule has 0 atom stereocenters. The van der Waals surface area contributed by atoms with Gasteiger partial charge in [0.2, 0.25) is 0 Å². The van der Waals surface area contributed by atoms with Crippen molar-refractivity contribution in [2.75, 3.05) is 19.6 Å². The van der Waals surface area contributed by atoms with E-state index in [-0.39, 0.29) is 0 Å². The molecule has 23 aromatic carbocycles. The molecule has 5 nitrogen and oxygen atoms in total. The molecule has 0 saturated carbocycles. The fourth-order valence-electron chi connectivity index (χ4n) is 24.7. The smallest absolute Gasteiger partial charge is 0.0755 e. The van der Waals surface area contributed by atoms with Gasteiger partial charge in [-0.15, -0.1) is 11.3 Å². The first kappa shape index (κ1) is 85.3. The minimum Gasteiger partial charge on any atom is -0.310 e. The highest BCUT2D eigenvalue weighted by molar-refractivity contribution is 7.25. The summed E-state index contributed by atoms with van der Waals surface area (Å²) in [4.78, 5) is 9.96. The van der Waals surface area contributed by atoms with Crippen LogP contribution in [0.4, 0.5) is 68.2 Å². The van der Waals surface area contributed by atoms with Crippen LogP contribution < -0.4 is 19.6 Å². The minimum atomic E-state index is -0.610. The molecule has 146 heavy (non-hydrogen) atoms. The van der Waals surface area contributed by atoms with E-state index in [1.54, 1.807) is 0 Å². The molecule has 684 valence electrons. The Bertz CT molecular complexity index is 9240. The van der Waals surface area contributed by atoms with E-state index in [9.17, 15) is 0 Å². The van der Waals surface area contributed by atoms with Gasteiger partial charge in [0.25, 0.3) is 0 Å². The number of aromatic nitrogens is 1. The molecule has 0 fully saturated rings. The minimum absolute atomic E-state index is 0.597. The Morgan fingerprint density at radius 1 is 0.171 bits per heavy atom. The number of benzene rings is 23. The quantitative estimate of drug-likeness (QED) is 0.102. The number of hydrogen-bond acceptors (Lipinski definition) is 5. The molecule has 4 aliphatic rings. The third kappa shape index (κ3) is 13.5. The standard InChI is InChI=1S/C73H49N3.C67H44N2S/c1-3-22-52(23-4-1)56-26-7-8-27-57(56)58-28-10-16-36-66(58)75(55-48-44-51(45-49-55)50-42-46-54(47-43-50)74-67-37-17-11-29-59(67)60-30-12-18-38-68(60)74)71-41-21-35-65-72(71)61-31-9-13-32-62(61)73(65)63-33-14-19-39-69(63)76(53-24-5-2-6-25-53)70-40-20-15-34-64(70)73;1-3-20-46(21-4-1)50-24-7-8-25-51(50)52-26-10-15-33-60(52)68(49-41-38-45(39-42-49)47-40-43-54-53-27-11-18-37-64(53)70-65(54)44-47)63-36-19-32-59-66(63)55-28-9-12-29-56(55)67(59)57-30-13-16-34-61(57)69(48-22-5-2-6-23-48)62-35-17-14-31-58(62)67/h1-49H;1-44H. The third-order valence-electron chi connectivity index (χ3n) is 30.7. The van der Waals surface area contributed by atoms with Gasteiger partial charge in [-0.1, -0.05) is 431 Å². The zero-order valence-electron chi connectivity index (χ0n) is 79.8. The van der Waals surface area contributed by atoms with Crippen LogP contribution >= 0.6 is 11.3 Å². The van der Waals surface area contributed by atoms with Gasteiger partial charge < -0.3 is 24.2 Å². The second-order valence-electron chi connectivity index (χ2n) is 38.2. The van der Waals surface area contributed by atoms with Crippen molar-refractivity contribution in [1.29, 1.82) is 0 Å². The first-order valence-electron chi connectivity index (χ1n) is 50.4. The van der Waals surface area contributed by atoms with E-state index in [0.29, 0.717) is 0 Å². The van der Waals surface area contributed by atoms with Crippen LogP contribution in [-0.4, -0.2) is 4.57 Å². The monoisotopic (exact) mass is 1880 g/mol. The van der Waals surface area contributed by atoms with Crippen molar-refractivity contribution in [3.8, 4) is 94.7 Å². The molecular weight excluding hydrogens is 1780 g/mol. The molecular formula is C140H93N5S. The SMILES string of the molecule is c1ccc(-c2ccccc2-c2ccccc2N(c2ccc(-c3ccc(-n4c5ccccc5c5ccccc54)cc3)cc2)c2cccc3c2-c2ccccc2C32c3ccccc3N(c3ccccc3)c3ccccc32)cc1.c1ccc(-c2ccccc2-c2ccccc2N(c2ccc(-c3ccc4c(c3)sc3ccccc34)cc2)c2cccc3c2-c2ccccc2C32c3ccccc3N(c3ccccc3)c3ccccc32)cc1. The number of thiophene rings is 1. The van der Waals surface area contributed by atoms with Crippen molar-refractivity contribution in [3.63, 3.8) is 0 Å². The molecule has 0 N–H and O–H groups in total. The van der Waals surface area contributed by atoms with Crippen LogP contribution in [-0.2, 0) is 10.8 Å². The summed E-state index contributed by atoms with van der Waals surface area (Å²) >= 11 is 1.87. The van der Waals surface area contributed by atoms with Gasteiger partial charge in [0.05, 0.1) is 67.4 Å². The maximum Gasteiger partial charge on any atom is 0.0755 e. The van der Waals surface area contributed by atoms with Crippen molar-refractivity contribution >= 4 is 122 Å². The van der Waals surface area contributed by atoms with Crippen LogP contribution in [0.25, 0.3) is 137 Å². The van der Waals surface area contributed by atoms with Crippen LogP contribution in [0.2, 0.25) is 0 Å². The molecule has 0 saturated heterocycles. The Hall–Kier alpha value is -18.7. The average Bonchev–Trinajstić information content (AvgIpc) is 1.50. The topological polar surface area (TPSA) is 17.9 Å². The molecule has 0 unspecified atom stereocenters. The number of hydrogen-bond donors (Lipinski definition) is 0. The zero-order chi connectivity index (χ0) is 96.3. The zero-order valence-corrected chi connectivity index (χ0v) is 80.7. The van der Waals surface area contributed by atoms with E-state index in [0.717, 1.165) is 73.4 Å². The van der Waals surface area contributed by atoms with Crippen LogP contribution in [0.15, 0.2) is 564 Å². The summed E-state index contributed by atoms with van der Waals surface area (Å²) in [6, 6.07) is 208. The normalized spacial score (nSPS) is 12.9. The largest absolute Gasteiger partial charge is 0.310 e. The summed E-state index contributed by atoms with van der Waals surface area (Å²) in [7, 11) is 0. The van der Waals surface area contributed by atoms with Crippen molar-refractivity contribution in [1.82, 2.24) is 4.57 Å². The lowest BCUT2D eigenvalue weighted by Crippen LogP contribution is -2.36. The lowest BCUT2D eigenvalue weighted by molar-refractivity contribution is 0.752. The van der Waals surface area contributed by atoms with Crippen LogP contribution in [0, 0.1) is 0 Å². The first-order chi connectivity index (χ1) is 72.5. The molecule has 0 radical (unpaired) electrons.